The fourth-order valence-electron chi connectivity index (χ4n) is 4.94. The molecule has 0 radical (unpaired) electrons. The topological polar surface area (TPSA) is 86.0 Å². The lowest BCUT2D eigenvalue weighted by Gasteiger charge is -2.25. The van der Waals surface area contributed by atoms with Gasteiger partial charge < -0.3 is 13.9 Å². The lowest BCUT2D eigenvalue weighted by Crippen LogP contribution is -2.29. The maximum absolute atomic E-state index is 13.8. The van der Waals surface area contributed by atoms with Crippen LogP contribution in [-0.4, -0.2) is 25.1 Å². The van der Waals surface area contributed by atoms with Crippen LogP contribution in [0.1, 0.15) is 77.6 Å². The first-order valence-electron chi connectivity index (χ1n) is 13.4. The van der Waals surface area contributed by atoms with Crippen LogP contribution in [0.4, 0.5) is 5.69 Å². The molecular weight excluding hydrogens is 494 g/mol. The van der Waals surface area contributed by atoms with Gasteiger partial charge in [-0.1, -0.05) is 50.5 Å². The van der Waals surface area contributed by atoms with Gasteiger partial charge in [-0.05, 0) is 67.4 Å². The number of anilines is 1. The van der Waals surface area contributed by atoms with E-state index < -0.39 is 17.9 Å². The molecule has 0 N–H and O–H groups in total. The molecule has 0 aliphatic carbocycles. The Bertz CT molecular complexity index is 1540. The van der Waals surface area contributed by atoms with Crippen molar-refractivity contribution >= 4 is 28.5 Å². The summed E-state index contributed by atoms with van der Waals surface area (Å²) in [7, 11) is 0. The third-order valence-electron chi connectivity index (χ3n) is 6.90. The average Bonchev–Trinajstić information content (AvgIpc) is 3.26. The van der Waals surface area contributed by atoms with Crippen molar-refractivity contribution in [2.24, 2.45) is 0 Å². The second kappa shape index (κ2) is 11.6. The van der Waals surface area contributed by atoms with E-state index in [-0.39, 0.29) is 17.8 Å². The maximum atomic E-state index is 13.8. The van der Waals surface area contributed by atoms with E-state index in [9.17, 15) is 14.4 Å². The zero-order valence-corrected chi connectivity index (χ0v) is 22.1. The third-order valence-corrected chi connectivity index (χ3v) is 6.90. The zero-order chi connectivity index (χ0) is 27.4. The van der Waals surface area contributed by atoms with Crippen LogP contribution in [0.15, 0.2) is 82.0 Å². The molecule has 1 aliphatic heterocycles. The monoisotopic (exact) mass is 525 g/mol. The van der Waals surface area contributed by atoms with Crippen LogP contribution in [0.3, 0.4) is 0 Å². The minimum Gasteiger partial charge on any atom is -0.494 e. The third kappa shape index (κ3) is 5.17. The number of rotatable bonds is 10. The number of ether oxygens (including phenoxy) is 2. The Morgan fingerprint density at radius 3 is 2.36 bits per heavy atom. The standard InChI is InChI=1S/C32H31NO6/c1-3-5-6-9-20-38-24-18-14-21(15-19-24)28-27-29(34)25-10-7-8-11-26(25)39-30(27)31(35)33(28)23-16-12-22(13-17-23)32(36)37-4-2/h7-8,10-19,28H,3-6,9,20H2,1-2H3. The van der Waals surface area contributed by atoms with Crippen molar-refractivity contribution in [1.29, 1.82) is 0 Å². The van der Waals surface area contributed by atoms with Gasteiger partial charge in [0.1, 0.15) is 11.3 Å². The number of hydrogen-bond acceptors (Lipinski definition) is 6. The van der Waals surface area contributed by atoms with Gasteiger partial charge in [0.25, 0.3) is 5.91 Å². The van der Waals surface area contributed by atoms with E-state index in [4.69, 9.17) is 13.9 Å². The highest BCUT2D eigenvalue weighted by Gasteiger charge is 2.43. The molecule has 1 amide bonds. The van der Waals surface area contributed by atoms with Crippen molar-refractivity contribution in [1.82, 2.24) is 0 Å². The molecule has 3 aromatic carbocycles. The Morgan fingerprint density at radius 1 is 0.897 bits per heavy atom. The summed E-state index contributed by atoms with van der Waals surface area (Å²) >= 11 is 0. The first kappa shape index (κ1) is 26.2. The number of benzene rings is 3. The number of nitrogens with zero attached hydrogens (tertiary/aromatic N) is 1. The molecule has 7 heteroatoms. The fourth-order valence-corrected chi connectivity index (χ4v) is 4.94. The van der Waals surface area contributed by atoms with Gasteiger partial charge in [-0.25, -0.2) is 4.79 Å². The Morgan fingerprint density at radius 2 is 1.64 bits per heavy atom. The molecule has 200 valence electrons. The lowest BCUT2D eigenvalue weighted by molar-refractivity contribution is 0.0526. The number of esters is 1. The van der Waals surface area contributed by atoms with Crippen LogP contribution in [0.2, 0.25) is 0 Å². The van der Waals surface area contributed by atoms with Crippen molar-refractivity contribution in [2.75, 3.05) is 18.1 Å². The molecule has 39 heavy (non-hydrogen) atoms. The molecule has 1 aromatic heterocycles. The van der Waals surface area contributed by atoms with Gasteiger partial charge in [0.05, 0.1) is 35.8 Å². The van der Waals surface area contributed by atoms with Crippen LogP contribution >= 0.6 is 0 Å². The van der Waals surface area contributed by atoms with Crippen molar-refractivity contribution in [3.05, 3.63) is 105 Å². The molecule has 0 saturated carbocycles. The molecule has 1 atom stereocenters. The molecule has 0 spiro atoms. The summed E-state index contributed by atoms with van der Waals surface area (Å²) in [5.41, 5.74) is 2.07. The van der Waals surface area contributed by atoms with Crippen molar-refractivity contribution in [3.8, 4) is 5.75 Å². The summed E-state index contributed by atoms with van der Waals surface area (Å²) in [5.74, 6) is -0.104. The van der Waals surface area contributed by atoms with Crippen molar-refractivity contribution in [3.63, 3.8) is 0 Å². The Kier molecular flexibility index (Phi) is 7.77. The van der Waals surface area contributed by atoms with Crippen LogP contribution in [0.5, 0.6) is 5.75 Å². The van der Waals surface area contributed by atoms with Crippen LogP contribution in [-0.2, 0) is 4.74 Å². The summed E-state index contributed by atoms with van der Waals surface area (Å²) in [6, 6.07) is 20.3. The molecule has 0 fully saturated rings. The number of carbonyl (C=O) groups excluding carboxylic acids is 2. The highest BCUT2D eigenvalue weighted by Crippen LogP contribution is 2.41. The number of para-hydroxylation sites is 1. The molecule has 4 aromatic rings. The predicted octanol–water partition coefficient (Wildman–Crippen LogP) is 6.68. The maximum Gasteiger partial charge on any atom is 0.338 e. The molecule has 1 unspecified atom stereocenters. The number of amides is 1. The van der Waals surface area contributed by atoms with E-state index in [0.717, 1.165) is 24.2 Å². The average molecular weight is 526 g/mol. The summed E-state index contributed by atoms with van der Waals surface area (Å²) < 4.78 is 17.0. The summed E-state index contributed by atoms with van der Waals surface area (Å²) in [5, 5.41) is 0.417. The molecular formula is C32H31NO6. The van der Waals surface area contributed by atoms with E-state index in [1.807, 2.05) is 24.3 Å². The minimum atomic E-state index is -0.708. The van der Waals surface area contributed by atoms with Crippen molar-refractivity contribution in [2.45, 2.75) is 45.6 Å². The van der Waals surface area contributed by atoms with Gasteiger partial charge in [0.2, 0.25) is 5.76 Å². The summed E-state index contributed by atoms with van der Waals surface area (Å²) in [4.78, 5) is 41.2. The van der Waals surface area contributed by atoms with Gasteiger partial charge in [0.15, 0.2) is 5.43 Å². The first-order chi connectivity index (χ1) is 19.0. The van der Waals surface area contributed by atoms with E-state index >= 15 is 0 Å². The van der Waals surface area contributed by atoms with Gasteiger partial charge in [-0.15, -0.1) is 0 Å². The zero-order valence-electron chi connectivity index (χ0n) is 22.1. The first-order valence-corrected chi connectivity index (χ1v) is 13.4. The molecule has 7 nitrogen and oxygen atoms in total. The Labute approximate surface area is 227 Å². The largest absolute Gasteiger partial charge is 0.494 e. The lowest BCUT2D eigenvalue weighted by atomic mass is 9.98. The Balaban J connectivity index is 1.54. The van der Waals surface area contributed by atoms with Crippen LogP contribution < -0.4 is 15.1 Å². The van der Waals surface area contributed by atoms with E-state index in [2.05, 4.69) is 6.92 Å². The normalized spacial score (nSPS) is 14.5. The van der Waals surface area contributed by atoms with Gasteiger partial charge in [-0.2, -0.15) is 0 Å². The van der Waals surface area contributed by atoms with Gasteiger partial charge >= 0.3 is 5.97 Å². The van der Waals surface area contributed by atoms with Crippen LogP contribution in [0, 0.1) is 0 Å². The number of hydrogen-bond donors (Lipinski definition) is 0. The predicted molar refractivity (Wildman–Crippen MR) is 150 cm³/mol. The van der Waals surface area contributed by atoms with Gasteiger partial charge in [-0.3, -0.25) is 14.5 Å². The number of unbranched alkanes of at least 4 members (excludes halogenated alkanes) is 3. The molecule has 2 heterocycles. The van der Waals surface area contributed by atoms with E-state index in [1.54, 1.807) is 60.4 Å². The Hall–Kier alpha value is -4.39. The minimum absolute atomic E-state index is 0.0226. The second-order valence-corrected chi connectivity index (χ2v) is 9.49. The molecule has 0 bridgehead atoms. The highest BCUT2D eigenvalue weighted by molar-refractivity contribution is 6.10. The quantitative estimate of drug-likeness (QED) is 0.170. The molecule has 1 aliphatic rings. The summed E-state index contributed by atoms with van der Waals surface area (Å²) in [6.07, 6.45) is 4.47. The SMILES string of the molecule is CCCCCCOc1ccc(C2c3c(oc4ccccc4c3=O)C(=O)N2c2ccc(C(=O)OCC)cc2)cc1. The molecule has 0 saturated heterocycles. The number of fused-ring (bicyclic) bond motifs is 2. The fraction of sp³-hybridized carbons (Fsp3) is 0.281. The van der Waals surface area contributed by atoms with Gasteiger partial charge in [0, 0.05) is 5.69 Å². The van der Waals surface area contributed by atoms with Crippen molar-refractivity contribution < 1.29 is 23.5 Å². The summed E-state index contributed by atoms with van der Waals surface area (Å²) in [6.45, 7) is 4.82. The highest BCUT2D eigenvalue weighted by atomic mass is 16.5. The number of carbonyl (C=O) groups is 2. The second-order valence-electron chi connectivity index (χ2n) is 9.49. The van der Waals surface area contributed by atoms with E-state index in [0.29, 0.717) is 34.4 Å². The molecule has 5 rings (SSSR count). The smallest absolute Gasteiger partial charge is 0.338 e. The van der Waals surface area contributed by atoms with Crippen LogP contribution in [0.25, 0.3) is 11.0 Å². The van der Waals surface area contributed by atoms with E-state index in [1.165, 1.54) is 12.8 Å².